The van der Waals surface area contributed by atoms with E-state index in [1.54, 1.807) is 25.3 Å². The molecular weight excluding hydrogens is 294 g/mol. The molecule has 0 spiro atoms. The molecule has 6 heteroatoms. The second-order valence-corrected chi connectivity index (χ2v) is 6.39. The number of pyridine rings is 1. The first-order valence-corrected chi connectivity index (χ1v) is 8.16. The van der Waals surface area contributed by atoms with Crippen molar-refractivity contribution in [1.82, 2.24) is 15.6 Å². The SMILES string of the molecule is CC(O)(CNC(=O)CNC(=O)c1cccnc1)C1CCCCC1. The summed E-state index contributed by atoms with van der Waals surface area (Å²) < 4.78 is 0. The molecule has 0 aromatic carbocycles. The number of hydrogen-bond acceptors (Lipinski definition) is 4. The van der Waals surface area contributed by atoms with Gasteiger partial charge in [-0.3, -0.25) is 14.6 Å². The summed E-state index contributed by atoms with van der Waals surface area (Å²) in [6, 6.07) is 3.30. The number of aromatic nitrogens is 1. The predicted octanol–water partition coefficient (Wildman–Crippen LogP) is 1.26. The van der Waals surface area contributed by atoms with E-state index in [1.165, 1.54) is 12.6 Å². The van der Waals surface area contributed by atoms with Gasteiger partial charge in [-0.05, 0) is 37.8 Å². The van der Waals surface area contributed by atoms with Crippen LogP contribution in [0.2, 0.25) is 0 Å². The topological polar surface area (TPSA) is 91.3 Å². The van der Waals surface area contributed by atoms with Gasteiger partial charge < -0.3 is 15.7 Å². The highest BCUT2D eigenvalue weighted by atomic mass is 16.3. The van der Waals surface area contributed by atoms with Crippen molar-refractivity contribution in [1.29, 1.82) is 0 Å². The Balaban J connectivity index is 1.73. The van der Waals surface area contributed by atoms with Crippen LogP contribution in [0.25, 0.3) is 0 Å². The Labute approximate surface area is 136 Å². The standard InChI is InChI=1S/C17H25N3O3/c1-17(23,14-7-3-2-4-8-14)12-20-15(21)11-19-16(22)13-6-5-9-18-10-13/h5-6,9-10,14,23H,2-4,7-8,11-12H2,1H3,(H,19,22)(H,20,21). The minimum absolute atomic E-state index is 0.117. The van der Waals surface area contributed by atoms with Crippen molar-refractivity contribution in [2.75, 3.05) is 13.1 Å². The molecule has 0 aliphatic heterocycles. The Bertz CT molecular complexity index is 525. The van der Waals surface area contributed by atoms with E-state index in [0.29, 0.717) is 5.56 Å². The second-order valence-electron chi connectivity index (χ2n) is 6.39. The predicted molar refractivity (Wildman–Crippen MR) is 86.8 cm³/mol. The van der Waals surface area contributed by atoms with E-state index in [0.717, 1.165) is 25.7 Å². The number of rotatable bonds is 6. The first-order valence-electron chi connectivity index (χ1n) is 8.16. The number of carbonyl (C=O) groups excluding carboxylic acids is 2. The van der Waals surface area contributed by atoms with Gasteiger partial charge in [0.05, 0.1) is 17.7 Å². The molecule has 3 N–H and O–H groups in total. The lowest BCUT2D eigenvalue weighted by Crippen LogP contribution is -2.48. The molecule has 6 nitrogen and oxygen atoms in total. The Morgan fingerprint density at radius 3 is 2.70 bits per heavy atom. The van der Waals surface area contributed by atoms with Crippen molar-refractivity contribution in [2.24, 2.45) is 5.92 Å². The molecule has 2 amide bonds. The van der Waals surface area contributed by atoms with Crippen LogP contribution in [0.5, 0.6) is 0 Å². The van der Waals surface area contributed by atoms with Crippen LogP contribution in [0, 0.1) is 5.92 Å². The molecule has 23 heavy (non-hydrogen) atoms. The van der Waals surface area contributed by atoms with Gasteiger partial charge in [-0.25, -0.2) is 0 Å². The zero-order valence-corrected chi connectivity index (χ0v) is 13.5. The molecule has 126 valence electrons. The monoisotopic (exact) mass is 319 g/mol. The average Bonchev–Trinajstić information content (AvgIpc) is 2.59. The number of carbonyl (C=O) groups is 2. The summed E-state index contributed by atoms with van der Waals surface area (Å²) in [6.07, 6.45) is 8.52. The Morgan fingerprint density at radius 1 is 1.30 bits per heavy atom. The van der Waals surface area contributed by atoms with E-state index in [4.69, 9.17) is 0 Å². The van der Waals surface area contributed by atoms with Crippen molar-refractivity contribution in [3.8, 4) is 0 Å². The van der Waals surface area contributed by atoms with Crippen LogP contribution in [0.15, 0.2) is 24.5 Å². The van der Waals surface area contributed by atoms with Gasteiger partial charge in [0.25, 0.3) is 5.91 Å². The lowest BCUT2D eigenvalue weighted by molar-refractivity contribution is -0.122. The Kier molecular flexibility index (Phi) is 6.10. The maximum atomic E-state index is 11.9. The summed E-state index contributed by atoms with van der Waals surface area (Å²) in [5, 5.41) is 15.8. The van der Waals surface area contributed by atoms with Gasteiger partial charge in [0.1, 0.15) is 0 Å². The molecule has 1 heterocycles. The first-order chi connectivity index (χ1) is 11.0. The summed E-state index contributed by atoms with van der Waals surface area (Å²) in [4.78, 5) is 27.5. The highest BCUT2D eigenvalue weighted by molar-refractivity contribution is 5.96. The van der Waals surface area contributed by atoms with E-state index in [9.17, 15) is 14.7 Å². The fraction of sp³-hybridized carbons (Fsp3) is 0.588. The molecule has 1 atom stereocenters. The van der Waals surface area contributed by atoms with Gasteiger partial charge in [0, 0.05) is 18.9 Å². The van der Waals surface area contributed by atoms with Crippen LogP contribution in [0.3, 0.4) is 0 Å². The van der Waals surface area contributed by atoms with Crippen molar-refractivity contribution in [3.63, 3.8) is 0 Å². The van der Waals surface area contributed by atoms with Crippen LogP contribution in [0.1, 0.15) is 49.4 Å². The number of nitrogens with one attached hydrogen (secondary N) is 2. The zero-order chi connectivity index (χ0) is 16.7. The highest BCUT2D eigenvalue weighted by Gasteiger charge is 2.32. The summed E-state index contributed by atoms with van der Waals surface area (Å²) in [5.74, 6) is -0.424. The van der Waals surface area contributed by atoms with E-state index >= 15 is 0 Å². The number of aliphatic hydroxyl groups is 1. The van der Waals surface area contributed by atoms with Gasteiger partial charge >= 0.3 is 0 Å². The molecular formula is C17H25N3O3. The summed E-state index contributed by atoms with van der Waals surface area (Å²) in [6.45, 7) is 1.87. The van der Waals surface area contributed by atoms with E-state index < -0.39 is 5.60 Å². The molecule has 1 aromatic heterocycles. The zero-order valence-electron chi connectivity index (χ0n) is 13.5. The van der Waals surface area contributed by atoms with Crippen LogP contribution in [-0.4, -0.2) is 40.6 Å². The van der Waals surface area contributed by atoms with Gasteiger partial charge in [-0.1, -0.05) is 19.3 Å². The van der Waals surface area contributed by atoms with Gasteiger partial charge in [0.15, 0.2) is 0 Å². The van der Waals surface area contributed by atoms with Crippen LogP contribution in [-0.2, 0) is 4.79 Å². The van der Waals surface area contributed by atoms with Crippen molar-refractivity contribution >= 4 is 11.8 Å². The molecule has 1 unspecified atom stereocenters. The van der Waals surface area contributed by atoms with E-state index in [1.807, 2.05) is 0 Å². The summed E-state index contributed by atoms with van der Waals surface area (Å²) >= 11 is 0. The number of hydrogen-bond donors (Lipinski definition) is 3. The minimum Gasteiger partial charge on any atom is -0.388 e. The highest BCUT2D eigenvalue weighted by Crippen LogP contribution is 2.32. The minimum atomic E-state index is -0.899. The van der Waals surface area contributed by atoms with Crippen molar-refractivity contribution < 1.29 is 14.7 Å². The molecule has 1 aliphatic carbocycles. The molecule has 0 radical (unpaired) electrons. The number of nitrogens with zero attached hydrogens (tertiary/aromatic N) is 1. The summed E-state index contributed by atoms with van der Waals surface area (Å²) in [5.41, 5.74) is -0.488. The van der Waals surface area contributed by atoms with Gasteiger partial charge in [-0.15, -0.1) is 0 Å². The third-order valence-corrected chi connectivity index (χ3v) is 4.46. The third-order valence-electron chi connectivity index (χ3n) is 4.46. The summed E-state index contributed by atoms with van der Waals surface area (Å²) in [7, 11) is 0. The molecule has 1 saturated carbocycles. The lowest BCUT2D eigenvalue weighted by atomic mass is 9.78. The quantitative estimate of drug-likeness (QED) is 0.736. The van der Waals surface area contributed by atoms with Crippen LogP contribution in [0.4, 0.5) is 0 Å². The maximum Gasteiger partial charge on any atom is 0.253 e. The largest absolute Gasteiger partial charge is 0.388 e. The van der Waals surface area contributed by atoms with Crippen LogP contribution < -0.4 is 10.6 Å². The van der Waals surface area contributed by atoms with Gasteiger partial charge in [-0.2, -0.15) is 0 Å². The molecule has 0 bridgehead atoms. The smallest absolute Gasteiger partial charge is 0.253 e. The van der Waals surface area contributed by atoms with Crippen molar-refractivity contribution in [3.05, 3.63) is 30.1 Å². The number of amides is 2. The average molecular weight is 319 g/mol. The Morgan fingerprint density at radius 2 is 2.04 bits per heavy atom. The van der Waals surface area contributed by atoms with Crippen molar-refractivity contribution in [2.45, 2.75) is 44.6 Å². The molecule has 1 aromatic rings. The third kappa shape index (κ3) is 5.32. The fourth-order valence-electron chi connectivity index (χ4n) is 2.97. The maximum absolute atomic E-state index is 11.9. The normalized spacial score (nSPS) is 18.0. The van der Waals surface area contributed by atoms with E-state index in [-0.39, 0.29) is 30.8 Å². The Hall–Kier alpha value is -1.95. The second kappa shape index (κ2) is 8.06. The van der Waals surface area contributed by atoms with Gasteiger partial charge in [0.2, 0.25) is 5.91 Å². The van der Waals surface area contributed by atoms with Crippen LogP contribution >= 0.6 is 0 Å². The molecule has 1 fully saturated rings. The molecule has 2 rings (SSSR count). The first kappa shape index (κ1) is 17.4. The lowest BCUT2D eigenvalue weighted by Gasteiger charge is -2.35. The molecule has 1 aliphatic rings. The fourth-order valence-corrected chi connectivity index (χ4v) is 2.97. The van der Waals surface area contributed by atoms with E-state index in [2.05, 4.69) is 15.6 Å². The molecule has 0 saturated heterocycles.